The van der Waals surface area contributed by atoms with Gasteiger partial charge in [-0.3, -0.25) is 4.79 Å². The number of nitrogens with zero attached hydrogens (tertiary/aromatic N) is 1. The van der Waals surface area contributed by atoms with Gasteiger partial charge in [-0.05, 0) is 43.3 Å². The Balaban J connectivity index is 1.56. The summed E-state index contributed by atoms with van der Waals surface area (Å²) in [6, 6.07) is 12.9. The SMILES string of the molecule is CC(OC(=O)c1ccccc1F)C(=O)Nc1ccc(N2CCOCC2)cc1. The highest BCUT2D eigenvalue weighted by molar-refractivity contribution is 5.97. The minimum atomic E-state index is -1.06. The predicted octanol–water partition coefficient (Wildman–Crippen LogP) is 2.85. The van der Waals surface area contributed by atoms with Crippen LogP contribution in [0.25, 0.3) is 0 Å². The maximum absolute atomic E-state index is 13.6. The van der Waals surface area contributed by atoms with E-state index in [-0.39, 0.29) is 5.56 Å². The molecular weight excluding hydrogens is 351 g/mol. The molecule has 1 aliphatic heterocycles. The summed E-state index contributed by atoms with van der Waals surface area (Å²) in [5.41, 5.74) is 1.44. The Bertz CT molecular complexity index is 804. The molecule has 0 aliphatic carbocycles. The van der Waals surface area contributed by atoms with Crippen LogP contribution in [0.5, 0.6) is 0 Å². The molecule has 1 unspecified atom stereocenters. The minimum absolute atomic E-state index is 0.202. The Kier molecular flexibility index (Phi) is 6.03. The van der Waals surface area contributed by atoms with Crippen molar-refractivity contribution in [3.8, 4) is 0 Å². The molecule has 0 aromatic heterocycles. The van der Waals surface area contributed by atoms with Gasteiger partial charge in [0, 0.05) is 24.5 Å². The van der Waals surface area contributed by atoms with Crippen LogP contribution in [0.1, 0.15) is 17.3 Å². The molecule has 1 saturated heterocycles. The first-order valence-electron chi connectivity index (χ1n) is 8.74. The smallest absolute Gasteiger partial charge is 0.341 e. The van der Waals surface area contributed by atoms with Crippen molar-refractivity contribution in [2.75, 3.05) is 36.5 Å². The molecule has 2 aromatic rings. The second-order valence-corrected chi connectivity index (χ2v) is 6.16. The Morgan fingerprint density at radius 3 is 2.44 bits per heavy atom. The number of nitrogens with one attached hydrogen (secondary N) is 1. The van der Waals surface area contributed by atoms with Crippen LogP contribution in [0.4, 0.5) is 15.8 Å². The monoisotopic (exact) mass is 372 g/mol. The summed E-state index contributed by atoms with van der Waals surface area (Å²) in [4.78, 5) is 26.4. The van der Waals surface area contributed by atoms with Gasteiger partial charge in [-0.2, -0.15) is 0 Å². The zero-order chi connectivity index (χ0) is 19.2. The average molecular weight is 372 g/mol. The normalized spacial score (nSPS) is 15.1. The zero-order valence-corrected chi connectivity index (χ0v) is 15.0. The van der Waals surface area contributed by atoms with Gasteiger partial charge in [0.15, 0.2) is 6.10 Å². The van der Waals surface area contributed by atoms with Gasteiger partial charge < -0.3 is 19.7 Å². The molecule has 1 amide bonds. The molecule has 1 atom stereocenters. The van der Waals surface area contributed by atoms with Gasteiger partial charge in [-0.1, -0.05) is 12.1 Å². The van der Waals surface area contributed by atoms with Gasteiger partial charge >= 0.3 is 5.97 Å². The number of ether oxygens (including phenoxy) is 2. The van der Waals surface area contributed by atoms with Crippen molar-refractivity contribution in [2.24, 2.45) is 0 Å². The summed E-state index contributed by atoms with van der Waals surface area (Å²) < 4.78 is 24.0. The third-order valence-electron chi connectivity index (χ3n) is 4.26. The second-order valence-electron chi connectivity index (χ2n) is 6.16. The molecule has 6 nitrogen and oxygen atoms in total. The Labute approximate surface area is 156 Å². The van der Waals surface area contributed by atoms with Crippen LogP contribution in [0.3, 0.4) is 0 Å². The summed E-state index contributed by atoms with van der Waals surface area (Å²) in [5.74, 6) is -2.05. The van der Waals surface area contributed by atoms with Crippen LogP contribution in [0.15, 0.2) is 48.5 Å². The predicted molar refractivity (Wildman–Crippen MR) is 99.4 cm³/mol. The molecule has 2 aromatic carbocycles. The van der Waals surface area contributed by atoms with Crippen LogP contribution in [0, 0.1) is 5.82 Å². The van der Waals surface area contributed by atoms with Gasteiger partial charge in [-0.15, -0.1) is 0 Å². The first-order valence-corrected chi connectivity index (χ1v) is 8.74. The van der Waals surface area contributed by atoms with Crippen molar-refractivity contribution < 1.29 is 23.5 Å². The minimum Gasteiger partial charge on any atom is -0.449 e. The van der Waals surface area contributed by atoms with E-state index in [2.05, 4.69) is 10.2 Å². The summed E-state index contributed by atoms with van der Waals surface area (Å²) >= 11 is 0. The van der Waals surface area contributed by atoms with E-state index in [1.165, 1.54) is 25.1 Å². The van der Waals surface area contributed by atoms with Crippen molar-refractivity contribution in [1.82, 2.24) is 0 Å². The molecule has 1 heterocycles. The van der Waals surface area contributed by atoms with Crippen molar-refractivity contribution in [3.63, 3.8) is 0 Å². The molecule has 0 spiro atoms. The Hall–Kier alpha value is -2.93. The number of carbonyl (C=O) groups is 2. The average Bonchev–Trinajstić information content (AvgIpc) is 2.69. The van der Waals surface area contributed by atoms with Crippen molar-refractivity contribution in [3.05, 3.63) is 59.9 Å². The van der Waals surface area contributed by atoms with Crippen molar-refractivity contribution in [1.29, 1.82) is 0 Å². The maximum Gasteiger partial charge on any atom is 0.341 e. The van der Waals surface area contributed by atoms with E-state index in [4.69, 9.17) is 9.47 Å². The molecule has 142 valence electrons. The molecular formula is C20H21FN2O4. The standard InChI is InChI=1S/C20H21FN2O4/c1-14(27-20(25)17-4-2-3-5-18(17)21)19(24)22-15-6-8-16(9-7-15)23-10-12-26-13-11-23/h2-9,14H,10-13H2,1H3,(H,22,24). The van der Waals surface area contributed by atoms with E-state index in [0.717, 1.165) is 24.8 Å². The number of hydrogen-bond donors (Lipinski definition) is 1. The molecule has 0 radical (unpaired) electrons. The Morgan fingerprint density at radius 1 is 1.11 bits per heavy atom. The van der Waals surface area contributed by atoms with E-state index < -0.39 is 23.8 Å². The lowest BCUT2D eigenvalue weighted by Gasteiger charge is -2.28. The molecule has 1 aliphatic rings. The molecule has 7 heteroatoms. The van der Waals surface area contributed by atoms with E-state index in [1.807, 2.05) is 12.1 Å². The summed E-state index contributed by atoms with van der Waals surface area (Å²) in [7, 11) is 0. The third kappa shape index (κ3) is 4.83. The van der Waals surface area contributed by atoms with Crippen molar-refractivity contribution >= 4 is 23.3 Å². The number of hydrogen-bond acceptors (Lipinski definition) is 5. The number of amides is 1. The molecule has 0 saturated carbocycles. The third-order valence-corrected chi connectivity index (χ3v) is 4.26. The number of anilines is 2. The van der Waals surface area contributed by atoms with E-state index in [1.54, 1.807) is 12.1 Å². The lowest BCUT2D eigenvalue weighted by molar-refractivity contribution is -0.123. The van der Waals surface area contributed by atoms with Gasteiger partial charge in [0.2, 0.25) is 0 Å². The maximum atomic E-state index is 13.6. The second kappa shape index (κ2) is 8.64. The summed E-state index contributed by atoms with van der Waals surface area (Å²) in [6.45, 7) is 4.49. The molecule has 1 N–H and O–H groups in total. The van der Waals surface area contributed by atoms with Crippen LogP contribution < -0.4 is 10.2 Å². The van der Waals surface area contributed by atoms with Crippen molar-refractivity contribution in [2.45, 2.75) is 13.0 Å². The fraction of sp³-hybridized carbons (Fsp3) is 0.300. The quantitative estimate of drug-likeness (QED) is 0.818. The van der Waals surface area contributed by atoms with Gasteiger partial charge in [-0.25, -0.2) is 9.18 Å². The van der Waals surface area contributed by atoms with Crippen LogP contribution in [-0.4, -0.2) is 44.3 Å². The highest BCUT2D eigenvalue weighted by Gasteiger charge is 2.21. The van der Waals surface area contributed by atoms with Gasteiger partial charge in [0.05, 0.1) is 18.8 Å². The highest BCUT2D eigenvalue weighted by atomic mass is 19.1. The van der Waals surface area contributed by atoms with Gasteiger partial charge in [0.25, 0.3) is 5.91 Å². The van der Waals surface area contributed by atoms with Crippen LogP contribution >= 0.6 is 0 Å². The first kappa shape index (κ1) is 18.8. The molecule has 1 fully saturated rings. The first-order chi connectivity index (χ1) is 13.0. The van der Waals surface area contributed by atoms with Gasteiger partial charge in [0.1, 0.15) is 5.82 Å². The lowest BCUT2D eigenvalue weighted by Crippen LogP contribution is -2.36. The topological polar surface area (TPSA) is 67.9 Å². The number of carbonyl (C=O) groups excluding carboxylic acids is 2. The van der Waals surface area contributed by atoms with Crippen LogP contribution in [-0.2, 0) is 14.3 Å². The number of morpholine rings is 1. The molecule has 3 rings (SSSR count). The lowest BCUT2D eigenvalue weighted by atomic mass is 10.2. The molecule has 27 heavy (non-hydrogen) atoms. The summed E-state index contributed by atoms with van der Waals surface area (Å²) in [5, 5.41) is 2.69. The number of rotatable bonds is 5. The number of esters is 1. The number of benzene rings is 2. The van der Waals surface area contributed by atoms with Crippen LogP contribution in [0.2, 0.25) is 0 Å². The highest BCUT2D eigenvalue weighted by Crippen LogP contribution is 2.19. The van der Waals surface area contributed by atoms with E-state index >= 15 is 0 Å². The van der Waals surface area contributed by atoms with E-state index in [9.17, 15) is 14.0 Å². The largest absolute Gasteiger partial charge is 0.449 e. The Morgan fingerprint density at radius 2 is 1.78 bits per heavy atom. The zero-order valence-electron chi connectivity index (χ0n) is 15.0. The fourth-order valence-electron chi connectivity index (χ4n) is 2.73. The molecule has 0 bridgehead atoms. The fourth-order valence-corrected chi connectivity index (χ4v) is 2.73. The number of halogens is 1. The summed E-state index contributed by atoms with van der Waals surface area (Å²) in [6.07, 6.45) is -1.06. The van der Waals surface area contributed by atoms with E-state index in [0.29, 0.717) is 18.9 Å².